The molecule has 1 aromatic rings. The van der Waals surface area contributed by atoms with Crippen LogP contribution in [0.1, 0.15) is 32.3 Å². The van der Waals surface area contributed by atoms with Crippen LogP contribution in [0.3, 0.4) is 0 Å². The van der Waals surface area contributed by atoms with E-state index in [-0.39, 0.29) is 0 Å². The SMILES string of the molecule is CCCNC/C(=C/c1ccc(Br)cc1Cl)CC. The molecule has 1 N–H and O–H groups in total. The van der Waals surface area contributed by atoms with Crippen molar-refractivity contribution in [2.24, 2.45) is 0 Å². The van der Waals surface area contributed by atoms with E-state index < -0.39 is 0 Å². The van der Waals surface area contributed by atoms with E-state index in [0.29, 0.717) is 0 Å². The minimum atomic E-state index is 0.792. The first-order valence-electron chi connectivity index (χ1n) is 6.02. The van der Waals surface area contributed by atoms with E-state index in [1.165, 1.54) is 5.57 Å². The van der Waals surface area contributed by atoms with Crippen molar-refractivity contribution in [2.75, 3.05) is 13.1 Å². The van der Waals surface area contributed by atoms with Crippen LogP contribution in [0.2, 0.25) is 5.02 Å². The largest absolute Gasteiger partial charge is 0.313 e. The standard InChI is InChI=1S/C14H19BrClN/c1-3-7-17-10-11(4-2)8-12-5-6-13(15)9-14(12)16/h5-6,8-9,17H,3-4,7,10H2,1-2H3/b11-8+. The van der Waals surface area contributed by atoms with Gasteiger partial charge >= 0.3 is 0 Å². The Labute approximate surface area is 117 Å². The highest BCUT2D eigenvalue weighted by Gasteiger charge is 2.00. The molecule has 0 atom stereocenters. The summed E-state index contributed by atoms with van der Waals surface area (Å²) in [4.78, 5) is 0. The average molecular weight is 317 g/mol. The van der Waals surface area contributed by atoms with Crippen molar-refractivity contribution < 1.29 is 0 Å². The van der Waals surface area contributed by atoms with Gasteiger partial charge in [-0.15, -0.1) is 0 Å². The summed E-state index contributed by atoms with van der Waals surface area (Å²) in [7, 11) is 0. The Hall–Kier alpha value is -0.310. The highest BCUT2D eigenvalue weighted by atomic mass is 79.9. The minimum absolute atomic E-state index is 0.792. The normalized spacial score (nSPS) is 11.9. The lowest BCUT2D eigenvalue weighted by molar-refractivity contribution is 0.706. The molecular weight excluding hydrogens is 298 g/mol. The van der Waals surface area contributed by atoms with Crippen molar-refractivity contribution in [3.8, 4) is 0 Å². The van der Waals surface area contributed by atoms with Crippen LogP contribution in [0.4, 0.5) is 0 Å². The van der Waals surface area contributed by atoms with Gasteiger partial charge in [0.05, 0.1) is 0 Å². The minimum Gasteiger partial charge on any atom is -0.313 e. The Balaban J connectivity index is 2.75. The molecule has 0 spiro atoms. The number of hydrogen-bond acceptors (Lipinski definition) is 1. The molecule has 0 heterocycles. The Bertz CT molecular complexity index is 388. The van der Waals surface area contributed by atoms with Crippen molar-refractivity contribution in [3.63, 3.8) is 0 Å². The summed E-state index contributed by atoms with van der Waals surface area (Å²) in [5.74, 6) is 0. The van der Waals surface area contributed by atoms with Gasteiger partial charge in [-0.2, -0.15) is 0 Å². The first kappa shape index (κ1) is 14.7. The van der Waals surface area contributed by atoms with Gasteiger partial charge in [0, 0.05) is 16.0 Å². The molecule has 0 aromatic heterocycles. The van der Waals surface area contributed by atoms with Crippen molar-refractivity contribution in [3.05, 3.63) is 38.8 Å². The summed E-state index contributed by atoms with van der Waals surface area (Å²) in [6, 6.07) is 5.99. The zero-order valence-corrected chi connectivity index (χ0v) is 12.7. The quantitative estimate of drug-likeness (QED) is 0.736. The van der Waals surface area contributed by atoms with Crippen molar-refractivity contribution in [1.82, 2.24) is 5.32 Å². The summed E-state index contributed by atoms with van der Waals surface area (Å²) < 4.78 is 1.02. The Kier molecular flexibility index (Phi) is 6.86. The summed E-state index contributed by atoms with van der Waals surface area (Å²) in [6.07, 6.45) is 4.39. The fourth-order valence-electron chi connectivity index (χ4n) is 1.54. The van der Waals surface area contributed by atoms with Gasteiger partial charge in [0.25, 0.3) is 0 Å². The van der Waals surface area contributed by atoms with Gasteiger partial charge in [-0.25, -0.2) is 0 Å². The zero-order valence-electron chi connectivity index (χ0n) is 10.4. The first-order chi connectivity index (χ1) is 8.17. The molecule has 0 amide bonds. The summed E-state index contributed by atoms with van der Waals surface area (Å²) in [5.41, 5.74) is 2.47. The van der Waals surface area contributed by atoms with Gasteiger partial charge in [-0.05, 0) is 37.1 Å². The van der Waals surface area contributed by atoms with Crippen LogP contribution >= 0.6 is 27.5 Å². The average Bonchev–Trinajstić information content (AvgIpc) is 2.31. The molecular formula is C14H19BrClN. The van der Waals surface area contributed by atoms with Crippen LogP contribution in [0.5, 0.6) is 0 Å². The molecule has 0 aliphatic heterocycles. The van der Waals surface area contributed by atoms with Gasteiger partial charge in [-0.3, -0.25) is 0 Å². The van der Waals surface area contributed by atoms with Crippen LogP contribution in [-0.2, 0) is 0 Å². The van der Waals surface area contributed by atoms with E-state index in [4.69, 9.17) is 11.6 Å². The van der Waals surface area contributed by atoms with E-state index in [1.54, 1.807) is 0 Å². The van der Waals surface area contributed by atoms with Gasteiger partial charge < -0.3 is 5.32 Å². The van der Waals surface area contributed by atoms with Crippen molar-refractivity contribution in [1.29, 1.82) is 0 Å². The van der Waals surface area contributed by atoms with Gasteiger partial charge in [0.15, 0.2) is 0 Å². The van der Waals surface area contributed by atoms with Gasteiger partial charge in [0.1, 0.15) is 0 Å². The molecule has 1 aromatic carbocycles. The molecule has 0 unspecified atom stereocenters. The molecule has 0 fully saturated rings. The lowest BCUT2D eigenvalue weighted by Crippen LogP contribution is -2.17. The molecule has 0 saturated heterocycles. The second-order valence-electron chi connectivity index (χ2n) is 4.00. The Morgan fingerprint density at radius 3 is 2.76 bits per heavy atom. The first-order valence-corrected chi connectivity index (χ1v) is 7.19. The monoisotopic (exact) mass is 315 g/mol. The Morgan fingerprint density at radius 2 is 2.18 bits per heavy atom. The number of hydrogen-bond donors (Lipinski definition) is 1. The molecule has 0 aliphatic carbocycles. The molecule has 17 heavy (non-hydrogen) atoms. The molecule has 1 rings (SSSR count). The third kappa shape index (κ3) is 5.24. The smallest absolute Gasteiger partial charge is 0.0489 e. The topological polar surface area (TPSA) is 12.0 Å². The van der Waals surface area contributed by atoms with Crippen LogP contribution in [0, 0.1) is 0 Å². The van der Waals surface area contributed by atoms with Gasteiger partial charge in [-0.1, -0.05) is 59.1 Å². The number of rotatable bonds is 6. The van der Waals surface area contributed by atoms with Crippen LogP contribution < -0.4 is 5.32 Å². The number of nitrogens with one attached hydrogen (secondary N) is 1. The van der Waals surface area contributed by atoms with Crippen LogP contribution in [-0.4, -0.2) is 13.1 Å². The lowest BCUT2D eigenvalue weighted by Gasteiger charge is -2.07. The molecule has 0 bridgehead atoms. The van der Waals surface area contributed by atoms with E-state index in [0.717, 1.165) is 41.0 Å². The van der Waals surface area contributed by atoms with E-state index in [9.17, 15) is 0 Å². The predicted molar refractivity (Wildman–Crippen MR) is 80.6 cm³/mol. The second kappa shape index (κ2) is 7.91. The number of benzene rings is 1. The summed E-state index contributed by atoms with van der Waals surface area (Å²) in [6.45, 7) is 6.35. The van der Waals surface area contributed by atoms with Crippen molar-refractivity contribution >= 4 is 33.6 Å². The van der Waals surface area contributed by atoms with E-state index in [1.807, 2.05) is 18.2 Å². The summed E-state index contributed by atoms with van der Waals surface area (Å²) >= 11 is 9.61. The molecule has 94 valence electrons. The molecule has 0 saturated carbocycles. The van der Waals surface area contributed by atoms with E-state index in [2.05, 4.69) is 41.2 Å². The lowest BCUT2D eigenvalue weighted by atomic mass is 10.1. The maximum Gasteiger partial charge on any atom is 0.0489 e. The fourth-order valence-corrected chi connectivity index (χ4v) is 2.27. The highest BCUT2D eigenvalue weighted by molar-refractivity contribution is 9.10. The van der Waals surface area contributed by atoms with Crippen LogP contribution in [0.25, 0.3) is 6.08 Å². The predicted octanol–water partition coefficient (Wildman–Crippen LogP) is 4.90. The maximum atomic E-state index is 6.20. The van der Waals surface area contributed by atoms with Gasteiger partial charge in [0.2, 0.25) is 0 Å². The molecule has 1 nitrogen and oxygen atoms in total. The third-order valence-corrected chi connectivity index (χ3v) is 3.38. The maximum absolute atomic E-state index is 6.20. The molecule has 3 heteroatoms. The van der Waals surface area contributed by atoms with E-state index >= 15 is 0 Å². The zero-order chi connectivity index (χ0) is 12.7. The fraction of sp³-hybridized carbons (Fsp3) is 0.429. The number of halogens is 2. The third-order valence-electron chi connectivity index (χ3n) is 2.56. The van der Waals surface area contributed by atoms with Crippen LogP contribution in [0.15, 0.2) is 28.2 Å². The molecule has 0 radical (unpaired) electrons. The Morgan fingerprint density at radius 1 is 1.41 bits per heavy atom. The molecule has 0 aliphatic rings. The highest BCUT2D eigenvalue weighted by Crippen LogP contribution is 2.23. The summed E-state index contributed by atoms with van der Waals surface area (Å²) in [5, 5.41) is 4.21. The second-order valence-corrected chi connectivity index (χ2v) is 5.32. The van der Waals surface area contributed by atoms with Crippen molar-refractivity contribution in [2.45, 2.75) is 26.7 Å².